The predicted molar refractivity (Wildman–Crippen MR) is 143 cm³/mol. The third-order valence-electron chi connectivity index (χ3n) is 6.25. The van der Waals surface area contributed by atoms with Gasteiger partial charge in [0.25, 0.3) is 0 Å². The lowest BCUT2D eigenvalue weighted by Crippen LogP contribution is -2.50. The zero-order chi connectivity index (χ0) is 26.7. The van der Waals surface area contributed by atoms with Crippen molar-refractivity contribution in [2.75, 3.05) is 43.0 Å². The number of nitrogens with zero attached hydrogens (tertiary/aromatic N) is 3. The molecule has 1 aliphatic rings. The van der Waals surface area contributed by atoms with Gasteiger partial charge in [0.15, 0.2) is 5.11 Å². The van der Waals surface area contributed by atoms with Gasteiger partial charge in [-0.3, -0.25) is 4.79 Å². The van der Waals surface area contributed by atoms with E-state index < -0.39 is 23.2 Å². The molecule has 0 aliphatic carbocycles. The normalized spacial score (nSPS) is 13.5. The van der Waals surface area contributed by atoms with Gasteiger partial charge in [0, 0.05) is 50.0 Å². The van der Waals surface area contributed by atoms with Gasteiger partial charge >= 0.3 is 11.9 Å². The van der Waals surface area contributed by atoms with Crippen LogP contribution < -0.4 is 15.6 Å². The Morgan fingerprint density at radius 3 is 2.51 bits per heavy atom. The topological polar surface area (TPSA) is 104 Å². The Kier molecular flexibility index (Phi) is 7.72. The number of piperazine rings is 1. The van der Waals surface area contributed by atoms with Gasteiger partial charge < -0.3 is 29.5 Å². The Balaban J connectivity index is 1.49. The SMILES string of the molecule is CCOC(=O)c1cccc(NC(=S)N2CCN(c3cc4c(cc3F)c(=O)c(C(=O)O)cn4CC)CC2)c1. The van der Waals surface area contributed by atoms with Gasteiger partial charge in [0.1, 0.15) is 11.4 Å². The van der Waals surface area contributed by atoms with Crippen LogP contribution >= 0.6 is 12.2 Å². The molecule has 11 heteroatoms. The molecule has 2 heterocycles. The highest BCUT2D eigenvalue weighted by Gasteiger charge is 2.23. The molecule has 1 aromatic heterocycles. The minimum absolute atomic E-state index is 0.0389. The van der Waals surface area contributed by atoms with Crippen molar-refractivity contribution in [3.8, 4) is 0 Å². The number of halogens is 1. The van der Waals surface area contributed by atoms with Crippen LogP contribution in [0.3, 0.4) is 0 Å². The van der Waals surface area contributed by atoms with E-state index in [-0.39, 0.29) is 17.6 Å². The van der Waals surface area contributed by atoms with Gasteiger partial charge in [0.05, 0.1) is 23.4 Å². The molecule has 0 unspecified atom stereocenters. The highest BCUT2D eigenvalue weighted by molar-refractivity contribution is 7.80. The van der Waals surface area contributed by atoms with E-state index in [1.54, 1.807) is 41.8 Å². The summed E-state index contributed by atoms with van der Waals surface area (Å²) in [5, 5.41) is 13.0. The summed E-state index contributed by atoms with van der Waals surface area (Å²) < 4.78 is 21.8. The van der Waals surface area contributed by atoms with Crippen LogP contribution in [0.4, 0.5) is 15.8 Å². The smallest absolute Gasteiger partial charge is 0.341 e. The summed E-state index contributed by atoms with van der Waals surface area (Å²) in [6.07, 6.45) is 1.30. The molecule has 1 saturated heterocycles. The van der Waals surface area contributed by atoms with E-state index in [1.165, 1.54) is 6.20 Å². The summed E-state index contributed by atoms with van der Waals surface area (Å²) in [5.74, 6) is -2.33. The van der Waals surface area contributed by atoms with E-state index in [1.807, 2.05) is 16.7 Å². The molecular formula is C26H27FN4O5S. The number of esters is 1. The first-order valence-corrected chi connectivity index (χ1v) is 12.3. The predicted octanol–water partition coefficient (Wildman–Crippen LogP) is 3.55. The summed E-state index contributed by atoms with van der Waals surface area (Å²) in [5.41, 5.74) is 0.826. The van der Waals surface area contributed by atoms with Crippen molar-refractivity contribution in [2.45, 2.75) is 20.4 Å². The van der Waals surface area contributed by atoms with Crippen LogP contribution in [-0.2, 0) is 11.3 Å². The summed E-state index contributed by atoms with van der Waals surface area (Å²) in [7, 11) is 0. The molecule has 0 bridgehead atoms. The molecule has 3 aromatic rings. The fourth-order valence-electron chi connectivity index (χ4n) is 4.35. The number of hydrogen-bond acceptors (Lipinski definition) is 6. The number of hydrogen-bond donors (Lipinski definition) is 2. The standard InChI is InChI=1S/C26H27FN4O5S/c1-3-29-15-19(24(33)34)23(32)18-13-20(27)22(14-21(18)29)30-8-10-31(11-9-30)26(37)28-17-7-5-6-16(12-17)25(35)36-4-2/h5-7,12-15H,3-4,8-11H2,1-2H3,(H,28,37)(H,33,34). The second-order valence-corrected chi connectivity index (χ2v) is 8.88. The maximum Gasteiger partial charge on any atom is 0.341 e. The Labute approximate surface area is 218 Å². The first kappa shape index (κ1) is 26.1. The number of aromatic carboxylic acids is 1. The van der Waals surface area contributed by atoms with E-state index >= 15 is 4.39 Å². The molecule has 2 aromatic carbocycles. The monoisotopic (exact) mass is 526 g/mol. The van der Waals surface area contributed by atoms with Crippen molar-refractivity contribution >= 4 is 51.5 Å². The molecule has 0 saturated carbocycles. The molecule has 2 N–H and O–H groups in total. The van der Waals surface area contributed by atoms with E-state index in [0.717, 1.165) is 6.07 Å². The molecule has 4 rings (SSSR count). The zero-order valence-corrected chi connectivity index (χ0v) is 21.3. The maximum atomic E-state index is 15.1. The molecule has 0 atom stereocenters. The lowest BCUT2D eigenvalue weighted by atomic mass is 10.1. The largest absolute Gasteiger partial charge is 0.477 e. The first-order chi connectivity index (χ1) is 17.7. The van der Waals surface area contributed by atoms with Crippen LogP contribution in [0.5, 0.6) is 0 Å². The van der Waals surface area contributed by atoms with Crippen molar-refractivity contribution in [3.63, 3.8) is 0 Å². The third kappa shape index (κ3) is 5.41. The second-order valence-electron chi connectivity index (χ2n) is 8.49. The Morgan fingerprint density at radius 1 is 1.14 bits per heavy atom. The summed E-state index contributed by atoms with van der Waals surface area (Å²) in [4.78, 5) is 39.9. The number of ether oxygens (including phenoxy) is 1. The Bertz CT molecular complexity index is 1430. The summed E-state index contributed by atoms with van der Waals surface area (Å²) in [6, 6.07) is 9.62. The molecular weight excluding hydrogens is 499 g/mol. The number of nitrogens with one attached hydrogen (secondary N) is 1. The van der Waals surface area contributed by atoms with Crippen LogP contribution in [0, 0.1) is 5.82 Å². The maximum absolute atomic E-state index is 15.1. The molecule has 9 nitrogen and oxygen atoms in total. The number of benzene rings is 2. The van der Waals surface area contributed by atoms with E-state index in [4.69, 9.17) is 17.0 Å². The number of carboxylic acids is 1. The van der Waals surface area contributed by atoms with Crippen molar-refractivity contribution in [2.24, 2.45) is 0 Å². The van der Waals surface area contributed by atoms with Crippen molar-refractivity contribution in [3.05, 3.63) is 69.8 Å². The molecule has 0 radical (unpaired) electrons. The van der Waals surface area contributed by atoms with Crippen LogP contribution in [-0.4, -0.2) is 64.4 Å². The van der Waals surface area contributed by atoms with E-state index in [2.05, 4.69) is 5.32 Å². The van der Waals surface area contributed by atoms with E-state index in [0.29, 0.717) is 60.3 Å². The quantitative estimate of drug-likeness (QED) is 0.369. The van der Waals surface area contributed by atoms with E-state index in [9.17, 15) is 19.5 Å². The molecule has 37 heavy (non-hydrogen) atoms. The Hall–Kier alpha value is -3.99. The van der Waals surface area contributed by atoms with Crippen molar-refractivity contribution < 1.29 is 23.8 Å². The molecule has 194 valence electrons. The van der Waals surface area contributed by atoms with Crippen molar-refractivity contribution in [1.82, 2.24) is 9.47 Å². The second kappa shape index (κ2) is 11.0. The summed E-state index contributed by atoms with van der Waals surface area (Å²) in [6.45, 7) is 6.31. The number of rotatable bonds is 6. The minimum Gasteiger partial charge on any atom is -0.477 e. The van der Waals surface area contributed by atoms with Gasteiger partial charge in [0.2, 0.25) is 5.43 Å². The lowest BCUT2D eigenvalue weighted by molar-refractivity contribution is 0.0526. The fraction of sp³-hybridized carbons (Fsp3) is 0.308. The number of pyridine rings is 1. The number of carbonyl (C=O) groups is 2. The minimum atomic E-state index is -1.34. The number of anilines is 2. The highest BCUT2D eigenvalue weighted by atomic mass is 32.1. The molecule has 1 aliphatic heterocycles. The molecule has 1 fully saturated rings. The van der Waals surface area contributed by atoms with Gasteiger partial charge in [-0.05, 0) is 56.4 Å². The average Bonchev–Trinajstić information content (AvgIpc) is 2.89. The van der Waals surface area contributed by atoms with Crippen LogP contribution in [0.2, 0.25) is 0 Å². The van der Waals surface area contributed by atoms with Gasteiger partial charge in [-0.1, -0.05) is 6.07 Å². The number of aromatic nitrogens is 1. The number of thiocarbonyl (C=S) groups is 1. The number of fused-ring (bicyclic) bond motifs is 1. The molecule has 0 spiro atoms. The van der Waals surface area contributed by atoms with Crippen molar-refractivity contribution in [1.29, 1.82) is 0 Å². The zero-order valence-electron chi connectivity index (χ0n) is 20.5. The number of carboxylic acid groups (broad SMARTS) is 1. The number of aryl methyl sites for hydroxylation is 1. The Morgan fingerprint density at radius 2 is 1.86 bits per heavy atom. The van der Waals surface area contributed by atoms with Gasteiger partial charge in [-0.2, -0.15) is 0 Å². The average molecular weight is 527 g/mol. The first-order valence-electron chi connectivity index (χ1n) is 11.9. The third-order valence-corrected chi connectivity index (χ3v) is 6.61. The van der Waals surface area contributed by atoms with Gasteiger partial charge in [-0.25, -0.2) is 14.0 Å². The van der Waals surface area contributed by atoms with Gasteiger partial charge in [-0.15, -0.1) is 0 Å². The van der Waals surface area contributed by atoms with Crippen LogP contribution in [0.1, 0.15) is 34.6 Å². The molecule has 0 amide bonds. The lowest BCUT2D eigenvalue weighted by Gasteiger charge is -2.37. The van der Waals surface area contributed by atoms with Crippen LogP contribution in [0.25, 0.3) is 10.9 Å². The summed E-state index contributed by atoms with van der Waals surface area (Å²) >= 11 is 5.56. The number of carbonyl (C=O) groups excluding carboxylic acids is 1. The fourth-order valence-corrected chi connectivity index (χ4v) is 4.65. The van der Waals surface area contributed by atoms with Crippen LogP contribution in [0.15, 0.2) is 47.4 Å². The highest BCUT2D eigenvalue weighted by Crippen LogP contribution is 2.26.